The molecule has 0 unspecified atom stereocenters. The molecule has 7 nitrogen and oxygen atoms in total. The number of unbranched alkanes of at least 4 members (excludes halogenated alkanes) is 2. The van der Waals surface area contributed by atoms with Crippen molar-refractivity contribution in [2.24, 2.45) is 0 Å². The molecular formula is C11H17NO6S2. The highest BCUT2D eigenvalue weighted by atomic mass is 33.1. The molecule has 0 saturated carbocycles. The molecule has 0 aromatic heterocycles. The van der Waals surface area contributed by atoms with Gasteiger partial charge in [0.1, 0.15) is 0 Å². The van der Waals surface area contributed by atoms with E-state index in [4.69, 9.17) is 4.84 Å². The van der Waals surface area contributed by atoms with Gasteiger partial charge in [-0.3, -0.25) is 9.59 Å². The summed E-state index contributed by atoms with van der Waals surface area (Å²) in [5.41, 5.74) is 0. The summed E-state index contributed by atoms with van der Waals surface area (Å²) in [7, 11) is -2.13. The number of imide groups is 1. The van der Waals surface area contributed by atoms with Crippen molar-refractivity contribution >= 4 is 37.4 Å². The number of hydrogen-bond acceptors (Lipinski definition) is 7. The van der Waals surface area contributed by atoms with Gasteiger partial charge in [0, 0.05) is 31.3 Å². The lowest BCUT2D eigenvalue weighted by Crippen LogP contribution is -2.31. The summed E-state index contributed by atoms with van der Waals surface area (Å²) in [4.78, 5) is 38.5. The van der Waals surface area contributed by atoms with Crippen LogP contribution >= 0.6 is 10.8 Å². The molecule has 0 spiro atoms. The van der Waals surface area contributed by atoms with Gasteiger partial charge in [0.05, 0.1) is 0 Å². The van der Waals surface area contributed by atoms with Crippen LogP contribution in [0, 0.1) is 0 Å². The second-order valence-electron chi connectivity index (χ2n) is 4.38. The largest absolute Gasteiger partial charge is 0.333 e. The van der Waals surface area contributed by atoms with Gasteiger partial charge in [-0.1, -0.05) is 6.42 Å². The minimum atomic E-state index is -3.01. The lowest BCUT2D eigenvalue weighted by Gasteiger charge is -2.12. The Labute approximate surface area is 121 Å². The normalized spacial score (nSPS) is 15.8. The second-order valence-corrected chi connectivity index (χ2v) is 8.96. The fraction of sp³-hybridized carbons (Fsp3) is 0.727. The van der Waals surface area contributed by atoms with E-state index in [1.54, 1.807) is 0 Å². The molecular weight excluding hydrogens is 306 g/mol. The molecule has 0 aromatic carbocycles. The molecule has 0 bridgehead atoms. The molecule has 1 heterocycles. The van der Waals surface area contributed by atoms with E-state index >= 15 is 0 Å². The summed E-state index contributed by atoms with van der Waals surface area (Å²) < 4.78 is 21.7. The molecule has 0 atom stereocenters. The molecule has 0 aromatic rings. The van der Waals surface area contributed by atoms with E-state index in [9.17, 15) is 22.8 Å². The smallest absolute Gasteiger partial charge is 0.330 e. The van der Waals surface area contributed by atoms with Crippen LogP contribution in [0.15, 0.2) is 0 Å². The first-order valence-electron chi connectivity index (χ1n) is 6.20. The number of amides is 2. The van der Waals surface area contributed by atoms with Crippen LogP contribution < -0.4 is 0 Å². The number of carbonyl (C=O) groups is 3. The van der Waals surface area contributed by atoms with E-state index in [2.05, 4.69) is 0 Å². The van der Waals surface area contributed by atoms with E-state index in [1.807, 2.05) is 0 Å². The summed E-state index contributed by atoms with van der Waals surface area (Å²) in [6.45, 7) is 0. The quantitative estimate of drug-likeness (QED) is 0.371. The summed E-state index contributed by atoms with van der Waals surface area (Å²) in [5, 5.41) is 0.530. The van der Waals surface area contributed by atoms with Gasteiger partial charge in [-0.25, -0.2) is 13.2 Å². The Morgan fingerprint density at radius 2 is 1.80 bits per heavy atom. The van der Waals surface area contributed by atoms with Gasteiger partial charge >= 0.3 is 5.97 Å². The Morgan fingerprint density at radius 3 is 2.35 bits per heavy atom. The van der Waals surface area contributed by atoms with Crippen LogP contribution in [0.2, 0.25) is 0 Å². The van der Waals surface area contributed by atoms with Crippen LogP contribution in [0.4, 0.5) is 0 Å². The topological polar surface area (TPSA) is 97.8 Å². The average Bonchev–Trinajstić information content (AvgIpc) is 2.64. The molecule has 20 heavy (non-hydrogen) atoms. The fourth-order valence-corrected chi connectivity index (χ4v) is 3.45. The van der Waals surface area contributed by atoms with E-state index in [-0.39, 0.29) is 19.3 Å². The van der Waals surface area contributed by atoms with Crippen molar-refractivity contribution < 1.29 is 27.6 Å². The summed E-state index contributed by atoms with van der Waals surface area (Å²) in [6.07, 6.45) is 3.29. The highest BCUT2D eigenvalue weighted by Gasteiger charge is 2.32. The van der Waals surface area contributed by atoms with Gasteiger partial charge in [0.25, 0.3) is 11.8 Å². The third kappa shape index (κ3) is 6.38. The SMILES string of the molecule is CS(=O)(=O)SCCCCCC(=O)ON1C(=O)CCC1=O. The van der Waals surface area contributed by atoms with Crippen molar-refractivity contribution in [3.8, 4) is 0 Å². The molecule has 0 N–H and O–H groups in total. The Kier molecular flexibility index (Phi) is 6.47. The third-order valence-electron chi connectivity index (χ3n) is 2.52. The van der Waals surface area contributed by atoms with Crippen LogP contribution in [-0.2, 0) is 28.1 Å². The van der Waals surface area contributed by atoms with Gasteiger partial charge in [0.2, 0.25) is 0 Å². The van der Waals surface area contributed by atoms with E-state index in [1.165, 1.54) is 0 Å². The van der Waals surface area contributed by atoms with Crippen molar-refractivity contribution in [3.63, 3.8) is 0 Å². The van der Waals surface area contributed by atoms with Gasteiger partial charge in [-0.15, -0.1) is 5.06 Å². The third-order valence-corrected chi connectivity index (χ3v) is 5.19. The maximum absolute atomic E-state index is 11.4. The molecule has 2 amide bonds. The zero-order chi connectivity index (χ0) is 15.2. The highest BCUT2D eigenvalue weighted by Crippen LogP contribution is 2.15. The number of carbonyl (C=O) groups excluding carboxylic acids is 3. The molecule has 0 radical (unpaired) electrons. The molecule has 1 rings (SSSR count). The van der Waals surface area contributed by atoms with Crippen LogP contribution in [0.3, 0.4) is 0 Å². The summed E-state index contributed by atoms with van der Waals surface area (Å²) in [6, 6.07) is 0. The van der Waals surface area contributed by atoms with Crippen LogP contribution in [0.1, 0.15) is 38.5 Å². The van der Waals surface area contributed by atoms with Gasteiger partial charge < -0.3 is 4.84 Å². The standard InChI is InChI=1S/C11H17NO6S2/c1-20(16,17)19-8-4-2-3-5-11(15)18-12-9(13)6-7-10(12)14/h2-8H2,1H3. The van der Waals surface area contributed by atoms with Crippen LogP contribution in [0.5, 0.6) is 0 Å². The number of rotatable bonds is 8. The van der Waals surface area contributed by atoms with Crippen molar-refractivity contribution in [2.75, 3.05) is 12.0 Å². The highest BCUT2D eigenvalue weighted by molar-refractivity contribution is 8.71. The lowest BCUT2D eigenvalue weighted by molar-refractivity contribution is -0.197. The Balaban J connectivity index is 2.12. The molecule has 9 heteroatoms. The Hall–Kier alpha value is -1.09. The molecule has 0 aliphatic carbocycles. The molecule has 1 saturated heterocycles. The monoisotopic (exact) mass is 323 g/mol. The molecule has 114 valence electrons. The maximum Gasteiger partial charge on any atom is 0.333 e. The van der Waals surface area contributed by atoms with Gasteiger partial charge in [-0.2, -0.15) is 0 Å². The van der Waals surface area contributed by atoms with E-state index in [0.717, 1.165) is 17.0 Å². The second kappa shape index (κ2) is 7.63. The first-order chi connectivity index (χ1) is 9.29. The summed E-state index contributed by atoms with van der Waals surface area (Å²) >= 11 is 0. The fourth-order valence-electron chi connectivity index (χ4n) is 1.56. The minimum Gasteiger partial charge on any atom is -0.330 e. The lowest BCUT2D eigenvalue weighted by atomic mass is 10.2. The first-order valence-corrected chi connectivity index (χ1v) is 9.60. The maximum atomic E-state index is 11.4. The van der Waals surface area contributed by atoms with Crippen LogP contribution in [-0.4, -0.2) is 43.3 Å². The van der Waals surface area contributed by atoms with Gasteiger partial charge in [0.15, 0.2) is 8.87 Å². The number of hydroxylamine groups is 2. The number of hydrogen-bond donors (Lipinski definition) is 0. The zero-order valence-corrected chi connectivity index (χ0v) is 12.8. The zero-order valence-electron chi connectivity index (χ0n) is 11.2. The van der Waals surface area contributed by atoms with Crippen molar-refractivity contribution in [1.82, 2.24) is 5.06 Å². The van der Waals surface area contributed by atoms with Crippen molar-refractivity contribution in [2.45, 2.75) is 38.5 Å². The molecule has 1 aliphatic rings. The molecule has 1 aliphatic heterocycles. The minimum absolute atomic E-state index is 0.0782. The number of nitrogens with zero attached hydrogens (tertiary/aromatic N) is 1. The first kappa shape index (κ1) is 17.0. The van der Waals surface area contributed by atoms with Crippen molar-refractivity contribution in [3.05, 3.63) is 0 Å². The van der Waals surface area contributed by atoms with Crippen LogP contribution in [0.25, 0.3) is 0 Å². The van der Waals surface area contributed by atoms with E-state index < -0.39 is 26.7 Å². The van der Waals surface area contributed by atoms with Crippen molar-refractivity contribution in [1.29, 1.82) is 0 Å². The summed E-state index contributed by atoms with van der Waals surface area (Å²) in [5.74, 6) is -1.12. The predicted octanol–water partition coefficient (Wildman–Crippen LogP) is 0.847. The molecule has 1 fully saturated rings. The van der Waals surface area contributed by atoms with Gasteiger partial charge in [-0.05, 0) is 23.6 Å². The predicted molar refractivity (Wildman–Crippen MR) is 72.9 cm³/mol. The van der Waals surface area contributed by atoms with E-state index in [0.29, 0.717) is 30.1 Å². The average molecular weight is 323 g/mol. The Morgan fingerprint density at radius 1 is 1.20 bits per heavy atom. The Bertz CT molecular complexity index is 471.